The van der Waals surface area contributed by atoms with E-state index in [1.807, 2.05) is 61.2 Å². The SMILES string of the molecule is CCc1nc2ccccc2c(=O)n1CC1(O)CCN(C(=O)Cc2ccccc2C)CC1. The molecule has 162 valence electrons. The van der Waals surface area contributed by atoms with Crippen molar-refractivity contribution in [3.05, 3.63) is 75.8 Å². The Hall–Kier alpha value is -2.99. The van der Waals surface area contributed by atoms with Crippen molar-refractivity contribution < 1.29 is 9.90 Å². The van der Waals surface area contributed by atoms with Crippen LogP contribution in [0.25, 0.3) is 10.9 Å². The number of carbonyl (C=O) groups excluding carboxylic acids is 1. The average molecular weight is 420 g/mol. The van der Waals surface area contributed by atoms with Crippen molar-refractivity contribution in [2.24, 2.45) is 0 Å². The van der Waals surface area contributed by atoms with Gasteiger partial charge < -0.3 is 10.0 Å². The van der Waals surface area contributed by atoms with Crippen molar-refractivity contribution in [1.82, 2.24) is 14.5 Å². The van der Waals surface area contributed by atoms with Crippen LogP contribution in [-0.4, -0.2) is 44.2 Å². The number of aliphatic hydroxyl groups is 1. The number of aromatic nitrogens is 2. The number of nitrogens with zero attached hydrogens (tertiary/aromatic N) is 3. The summed E-state index contributed by atoms with van der Waals surface area (Å²) >= 11 is 0. The van der Waals surface area contributed by atoms with Gasteiger partial charge in [-0.3, -0.25) is 14.2 Å². The molecule has 0 bridgehead atoms. The summed E-state index contributed by atoms with van der Waals surface area (Å²) in [5.74, 6) is 0.755. The highest BCUT2D eigenvalue weighted by molar-refractivity contribution is 5.79. The molecular weight excluding hydrogens is 390 g/mol. The first-order chi connectivity index (χ1) is 14.9. The Morgan fingerprint density at radius 2 is 1.77 bits per heavy atom. The number of amides is 1. The first-order valence-electron chi connectivity index (χ1n) is 10.9. The third-order valence-electron chi connectivity index (χ3n) is 6.36. The predicted octanol–water partition coefficient (Wildman–Crippen LogP) is 2.86. The van der Waals surface area contributed by atoms with Crippen LogP contribution in [0.5, 0.6) is 0 Å². The van der Waals surface area contributed by atoms with Crippen LogP contribution in [0.15, 0.2) is 53.3 Å². The number of hydrogen-bond acceptors (Lipinski definition) is 4. The molecule has 0 atom stereocenters. The molecule has 0 aliphatic carbocycles. The molecule has 1 aliphatic heterocycles. The fraction of sp³-hybridized carbons (Fsp3) is 0.400. The molecule has 1 aromatic heterocycles. The monoisotopic (exact) mass is 419 g/mol. The number of benzene rings is 2. The Balaban J connectivity index is 1.48. The van der Waals surface area contributed by atoms with Crippen molar-refractivity contribution >= 4 is 16.8 Å². The zero-order chi connectivity index (χ0) is 22.0. The molecule has 31 heavy (non-hydrogen) atoms. The van der Waals surface area contributed by atoms with Crippen LogP contribution in [-0.2, 0) is 24.2 Å². The van der Waals surface area contributed by atoms with E-state index in [1.165, 1.54) is 0 Å². The van der Waals surface area contributed by atoms with E-state index < -0.39 is 5.60 Å². The van der Waals surface area contributed by atoms with Crippen molar-refractivity contribution in [2.75, 3.05) is 13.1 Å². The van der Waals surface area contributed by atoms with E-state index in [1.54, 1.807) is 10.6 Å². The van der Waals surface area contributed by atoms with Crippen molar-refractivity contribution in [3.63, 3.8) is 0 Å². The van der Waals surface area contributed by atoms with Gasteiger partial charge in [0.2, 0.25) is 5.91 Å². The largest absolute Gasteiger partial charge is 0.388 e. The molecule has 0 unspecified atom stereocenters. The maximum Gasteiger partial charge on any atom is 0.261 e. The number of fused-ring (bicyclic) bond motifs is 1. The van der Waals surface area contributed by atoms with Crippen LogP contribution in [0.2, 0.25) is 0 Å². The minimum absolute atomic E-state index is 0.0788. The summed E-state index contributed by atoms with van der Waals surface area (Å²) in [6.45, 7) is 5.14. The number of para-hydroxylation sites is 1. The lowest BCUT2D eigenvalue weighted by Gasteiger charge is -2.39. The van der Waals surface area contributed by atoms with E-state index >= 15 is 0 Å². The number of aryl methyl sites for hydroxylation is 2. The lowest BCUT2D eigenvalue weighted by atomic mass is 9.90. The van der Waals surface area contributed by atoms with E-state index in [4.69, 9.17) is 0 Å². The Kier molecular flexibility index (Phi) is 5.92. The quantitative estimate of drug-likeness (QED) is 0.690. The Morgan fingerprint density at radius 3 is 2.48 bits per heavy atom. The molecule has 0 spiro atoms. The first kappa shape index (κ1) is 21.2. The van der Waals surface area contributed by atoms with Gasteiger partial charge in [0.15, 0.2) is 0 Å². The first-order valence-corrected chi connectivity index (χ1v) is 10.9. The zero-order valence-corrected chi connectivity index (χ0v) is 18.2. The maximum atomic E-state index is 13.1. The van der Waals surface area contributed by atoms with Crippen LogP contribution >= 0.6 is 0 Å². The minimum atomic E-state index is -1.03. The summed E-state index contributed by atoms with van der Waals surface area (Å²) in [5.41, 5.74) is 1.68. The highest BCUT2D eigenvalue weighted by Crippen LogP contribution is 2.25. The molecule has 1 N–H and O–H groups in total. The van der Waals surface area contributed by atoms with Crippen molar-refractivity contribution in [2.45, 2.75) is 51.7 Å². The van der Waals surface area contributed by atoms with Crippen LogP contribution in [0.3, 0.4) is 0 Å². The molecule has 1 saturated heterocycles. The number of carbonyl (C=O) groups is 1. The third kappa shape index (κ3) is 4.39. The molecule has 4 rings (SSSR count). The van der Waals surface area contributed by atoms with E-state index in [2.05, 4.69) is 4.98 Å². The molecule has 0 radical (unpaired) electrons. The van der Waals surface area contributed by atoms with Gasteiger partial charge in [-0.25, -0.2) is 4.98 Å². The fourth-order valence-corrected chi connectivity index (χ4v) is 4.35. The van der Waals surface area contributed by atoms with Gasteiger partial charge in [0.05, 0.1) is 29.5 Å². The summed E-state index contributed by atoms with van der Waals surface area (Å²) in [5, 5.41) is 11.8. The van der Waals surface area contributed by atoms with E-state index in [0.717, 1.165) is 11.1 Å². The van der Waals surface area contributed by atoms with Gasteiger partial charge >= 0.3 is 0 Å². The lowest BCUT2D eigenvalue weighted by molar-refractivity contribution is -0.135. The van der Waals surface area contributed by atoms with Gasteiger partial charge in [-0.2, -0.15) is 0 Å². The second kappa shape index (κ2) is 8.63. The smallest absolute Gasteiger partial charge is 0.261 e. The summed E-state index contributed by atoms with van der Waals surface area (Å²) in [6.07, 6.45) is 1.86. The molecule has 1 fully saturated rings. The second-order valence-electron chi connectivity index (χ2n) is 8.50. The molecule has 0 saturated carbocycles. The Bertz CT molecular complexity index is 1160. The molecule has 1 amide bonds. The number of likely N-dealkylation sites (tertiary alicyclic amines) is 1. The van der Waals surface area contributed by atoms with Gasteiger partial charge in [0, 0.05) is 19.5 Å². The highest BCUT2D eigenvalue weighted by atomic mass is 16.3. The van der Waals surface area contributed by atoms with Crippen LogP contribution in [0, 0.1) is 6.92 Å². The van der Waals surface area contributed by atoms with E-state index in [-0.39, 0.29) is 18.0 Å². The Labute approximate surface area is 182 Å². The van der Waals surface area contributed by atoms with Crippen molar-refractivity contribution in [3.8, 4) is 0 Å². The van der Waals surface area contributed by atoms with E-state index in [9.17, 15) is 14.7 Å². The number of hydrogen-bond donors (Lipinski definition) is 1. The fourth-order valence-electron chi connectivity index (χ4n) is 4.35. The average Bonchev–Trinajstić information content (AvgIpc) is 2.77. The zero-order valence-electron chi connectivity index (χ0n) is 18.2. The summed E-state index contributed by atoms with van der Waals surface area (Å²) in [7, 11) is 0. The minimum Gasteiger partial charge on any atom is -0.388 e. The molecule has 6 nitrogen and oxygen atoms in total. The predicted molar refractivity (Wildman–Crippen MR) is 121 cm³/mol. The van der Waals surface area contributed by atoms with Gasteiger partial charge in [-0.15, -0.1) is 0 Å². The molecule has 2 aromatic carbocycles. The van der Waals surface area contributed by atoms with Gasteiger partial charge in [-0.05, 0) is 43.0 Å². The molecule has 6 heteroatoms. The molecule has 3 aromatic rings. The van der Waals surface area contributed by atoms with Gasteiger partial charge in [0.1, 0.15) is 5.82 Å². The summed E-state index contributed by atoms with van der Waals surface area (Å²) < 4.78 is 1.62. The van der Waals surface area contributed by atoms with E-state index in [0.29, 0.717) is 55.5 Å². The van der Waals surface area contributed by atoms with Crippen LogP contribution in [0.4, 0.5) is 0 Å². The Morgan fingerprint density at radius 1 is 1.10 bits per heavy atom. The molecular formula is C25H29N3O3. The third-order valence-corrected chi connectivity index (χ3v) is 6.36. The van der Waals surface area contributed by atoms with Crippen LogP contribution in [0.1, 0.15) is 36.7 Å². The molecule has 1 aliphatic rings. The topological polar surface area (TPSA) is 75.4 Å². The molecule has 2 heterocycles. The summed E-state index contributed by atoms with van der Waals surface area (Å²) in [4.78, 5) is 32.3. The second-order valence-corrected chi connectivity index (χ2v) is 8.50. The number of rotatable bonds is 5. The number of piperidine rings is 1. The lowest BCUT2D eigenvalue weighted by Crippen LogP contribution is -2.50. The maximum absolute atomic E-state index is 13.1. The van der Waals surface area contributed by atoms with Crippen molar-refractivity contribution in [1.29, 1.82) is 0 Å². The normalized spacial score (nSPS) is 15.9. The standard InChI is InChI=1S/C25H29N3O3/c1-3-22-26-21-11-7-6-10-20(21)24(30)28(22)17-25(31)12-14-27(15-13-25)23(29)16-19-9-5-4-8-18(19)2/h4-11,31H,3,12-17H2,1-2H3. The highest BCUT2D eigenvalue weighted by Gasteiger charge is 2.35. The van der Waals surface area contributed by atoms with Gasteiger partial charge in [0.25, 0.3) is 5.56 Å². The van der Waals surface area contributed by atoms with Crippen LogP contribution < -0.4 is 5.56 Å². The summed E-state index contributed by atoms with van der Waals surface area (Å²) in [6, 6.07) is 15.2. The van der Waals surface area contributed by atoms with Gasteiger partial charge in [-0.1, -0.05) is 43.3 Å².